The van der Waals surface area contributed by atoms with Gasteiger partial charge in [-0.25, -0.2) is 4.98 Å². The normalized spacial score (nSPS) is 11.9. The lowest BCUT2D eigenvalue weighted by Gasteiger charge is -2.10. The van der Waals surface area contributed by atoms with Gasteiger partial charge in [0.15, 0.2) is 5.58 Å². The predicted octanol–water partition coefficient (Wildman–Crippen LogP) is 10.5. The van der Waals surface area contributed by atoms with Crippen molar-refractivity contribution in [2.24, 2.45) is 0 Å². The van der Waals surface area contributed by atoms with Crippen molar-refractivity contribution in [3.05, 3.63) is 133 Å². The summed E-state index contributed by atoms with van der Waals surface area (Å²) in [7, 11) is 0. The van der Waals surface area contributed by atoms with Gasteiger partial charge in [0, 0.05) is 22.0 Å². The van der Waals surface area contributed by atoms with Crippen LogP contribution in [0.2, 0.25) is 0 Å². The number of aryl methyl sites for hydroxylation is 1. The van der Waals surface area contributed by atoms with Crippen LogP contribution in [0.3, 0.4) is 0 Å². The third-order valence-corrected chi connectivity index (χ3v) is 8.43. The van der Waals surface area contributed by atoms with E-state index in [2.05, 4.69) is 114 Å². The van der Waals surface area contributed by atoms with Gasteiger partial charge in [-0.3, -0.25) is 0 Å². The minimum absolute atomic E-state index is 0.610. The maximum absolute atomic E-state index is 6.23. The Morgan fingerprint density at radius 3 is 2.14 bits per heavy atom. The van der Waals surface area contributed by atoms with Crippen molar-refractivity contribution in [2.75, 3.05) is 0 Å². The van der Waals surface area contributed by atoms with Crippen LogP contribution in [0, 0.1) is 6.92 Å². The molecule has 0 aliphatic carbocycles. The van der Waals surface area contributed by atoms with Crippen LogP contribution in [0.25, 0.3) is 82.9 Å². The molecule has 0 saturated carbocycles. The molecule has 42 heavy (non-hydrogen) atoms. The first kappa shape index (κ1) is 23.1. The van der Waals surface area contributed by atoms with Crippen molar-refractivity contribution >= 4 is 54.6 Å². The number of furan rings is 1. The molecule has 6 aromatic carbocycles. The van der Waals surface area contributed by atoms with Crippen molar-refractivity contribution in [3.63, 3.8) is 0 Å². The molecule has 0 spiro atoms. The fourth-order valence-electron chi connectivity index (χ4n) is 6.41. The third kappa shape index (κ3) is 3.32. The minimum atomic E-state index is 0.610. The van der Waals surface area contributed by atoms with E-state index in [-0.39, 0.29) is 0 Å². The number of rotatable bonds is 3. The van der Waals surface area contributed by atoms with Gasteiger partial charge in [0.2, 0.25) is 5.89 Å². The molecule has 0 aliphatic heterocycles. The monoisotopic (exact) mass is 540 g/mol. The Bertz CT molecular complexity index is 2460. The van der Waals surface area contributed by atoms with Crippen LogP contribution in [0.1, 0.15) is 5.56 Å². The molecule has 0 bridgehead atoms. The van der Waals surface area contributed by atoms with Crippen LogP contribution < -0.4 is 0 Å². The Hall–Kier alpha value is -5.61. The zero-order valence-electron chi connectivity index (χ0n) is 22.8. The summed E-state index contributed by atoms with van der Waals surface area (Å²) in [6.07, 6.45) is 1.76. The summed E-state index contributed by atoms with van der Waals surface area (Å²) >= 11 is 0. The molecule has 0 aliphatic rings. The largest absolute Gasteiger partial charge is 0.464 e. The van der Waals surface area contributed by atoms with E-state index in [1.165, 1.54) is 32.6 Å². The summed E-state index contributed by atoms with van der Waals surface area (Å²) in [5, 5.41) is 6.09. The number of benzene rings is 6. The summed E-state index contributed by atoms with van der Waals surface area (Å²) in [6, 6.07) is 42.9. The van der Waals surface area contributed by atoms with E-state index in [0.717, 1.165) is 50.0 Å². The molecule has 9 rings (SSSR count). The topological polar surface area (TPSA) is 44.1 Å². The van der Waals surface area contributed by atoms with E-state index >= 15 is 0 Å². The summed E-state index contributed by atoms with van der Waals surface area (Å²) in [4.78, 5) is 4.75. The maximum atomic E-state index is 6.23. The van der Waals surface area contributed by atoms with Gasteiger partial charge in [0.25, 0.3) is 0 Å². The van der Waals surface area contributed by atoms with E-state index in [4.69, 9.17) is 13.8 Å². The second-order valence-electron chi connectivity index (χ2n) is 10.9. The number of hydrogen-bond acceptors (Lipinski definition) is 3. The summed E-state index contributed by atoms with van der Waals surface area (Å²) < 4.78 is 14.2. The number of hydrogen-bond donors (Lipinski definition) is 0. The zero-order valence-corrected chi connectivity index (χ0v) is 22.8. The summed E-state index contributed by atoms with van der Waals surface area (Å²) in [6.45, 7) is 2.02. The fourth-order valence-corrected chi connectivity index (χ4v) is 6.41. The predicted molar refractivity (Wildman–Crippen MR) is 171 cm³/mol. The molecule has 3 aromatic heterocycles. The Morgan fingerprint density at radius 2 is 1.31 bits per heavy atom. The van der Waals surface area contributed by atoms with E-state index in [9.17, 15) is 0 Å². The van der Waals surface area contributed by atoms with Crippen LogP contribution in [-0.2, 0) is 0 Å². The van der Waals surface area contributed by atoms with Gasteiger partial charge in [-0.2, -0.15) is 0 Å². The van der Waals surface area contributed by atoms with Crippen molar-refractivity contribution in [1.29, 1.82) is 0 Å². The lowest BCUT2D eigenvalue weighted by atomic mass is 10.0. The van der Waals surface area contributed by atoms with Gasteiger partial charge >= 0.3 is 0 Å². The molecule has 198 valence electrons. The summed E-state index contributed by atoms with van der Waals surface area (Å²) in [5.74, 6) is 0.610. The molecule has 0 fully saturated rings. The van der Waals surface area contributed by atoms with Crippen LogP contribution in [0.5, 0.6) is 0 Å². The Labute approximate surface area is 241 Å². The molecular weight excluding hydrogens is 516 g/mol. The number of para-hydroxylation sites is 1. The highest BCUT2D eigenvalue weighted by Gasteiger charge is 2.16. The summed E-state index contributed by atoms with van der Waals surface area (Å²) in [5.41, 5.74) is 10.3. The van der Waals surface area contributed by atoms with E-state index in [1.54, 1.807) is 6.26 Å². The molecule has 0 N–H and O–H groups in total. The number of aromatic nitrogens is 2. The van der Waals surface area contributed by atoms with Crippen molar-refractivity contribution < 1.29 is 8.83 Å². The third-order valence-electron chi connectivity index (χ3n) is 8.43. The van der Waals surface area contributed by atoms with Gasteiger partial charge in [-0.15, -0.1) is 0 Å². The number of nitrogens with zero attached hydrogens (tertiary/aromatic N) is 2. The molecule has 9 aromatic rings. The van der Waals surface area contributed by atoms with E-state index < -0.39 is 0 Å². The standard InChI is InChI=1S/C38H24N2O2/c1-23-22-41-34-21-19-31-37(35(23)34)42-38(39-31)27-12-10-24(11-13-27)25-14-17-28(18-15-25)40-32-9-5-4-8-30(32)36-29-7-3-2-6-26(29)16-20-33(36)40/h2-22H,1H3. The highest BCUT2D eigenvalue weighted by Crippen LogP contribution is 2.37. The van der Waals surface area contributed by atoms with Crippen LogP contribution in [0.4, 0.5) is 0 Å². The number of oxazole rings is 1. The Kier molecular flexibility index (Phi) is 4.79. The average Bonchev–Trinajstić information content (AvgIpc) is 3.74. The smallest absolute Gasteiger partial charge is 0.227 e. The van der Waals surface area contributed by atoms with Crippen molar-refractivity contribution in [3.8, 4) is 28.3 Å². The van der Waals surface area contributed by atoms with Crippen LogP contribution in [0.15, 0.2) is 136 Å². The first-order valence-corrected chi connectivity index (χ1v) is 14.1. The highest BCUT2D eigenvalue weighted by atomic mass is 16.4. The Morgan fingerprint density at radius 1 is 0.595 bits per heavy atom. The van der Waals surface area contributed by atoms with Crippen LogP contribution >= 0.6 is 0 Å². The molecule has 0 radical (unpaired) electrons. The molecule has 4 nitrogen and oxygen atoms in total. The molecule has 4 heteroatoms. The van der Waals surface area contributed by atoms with Gasteiger partial charge in [0.05, 0.1) is 22.7 Å². The first-order chi connectivity index (χ1) is 20.7. The van der Waals surface area contributed by atoms with Crippen molar-refractivity contribution in [1.82, 2.24) is 9.55 Å². The second-order valence-corrected chi connectivity index (χ2v) is 10.9. The second kappa shape index (κ2) is 8.69. The van der Waals surface area contributed by atoms with Gasteiger partial charge in [0.1, 0.15) is 11.1 Å². The Balaban J connectivity index is 1.09. The van der Waals surface area contributed by atoms with Crippen LogP contribution in [-0.4, -0.2) is 9.55 Å². The molecule has 0 saturated heterocycles. The van der Waals surface area contributed by atoms with Crippen molar-refractivity contribution in [2.45, 2.75) is 6.92 Å². The SMILES string of the molecule is Cc1coc2ccc3nc(-c4ccc(-c5ccc(-n6c7ccccc7c7c8ccccc8ccc76)cc5)cc4)oc3c12. The number of fused-ring (bicyclic) bond motifs is 8. The molecular formula is C38H24N2O2. The minimum Gasteiger partial charge on any atom is -0.464 e. The van der Waals surface area contributed by atoms with Gasteiger partial charge < -0.3 is 13.4 Å². The molecule has 0 amide bonds. The van der Waals surface area contributed by atoms with Gasteiger partial charge in [-0.1, -0.05) is 72.8 Å². The lowest BCUT2D eigenvalue weighted by molar-refractivity contribution is 0.611. The molecule has 0 atom stereocenters. The average molecular weight is 541 g/mol. The van der Waals surface area contributed by atoms with E-state index in [1.807, 2.05) is 19.1 Å². The first-order valence-electron chi connectivity index (χ1n) is 14.1. The zero-order chi connectivity index (χ0) is 27.8. The maximum Gasteiger partial charge on any atom is 0.227 e. The fraction of sp³-hybridized carbons (Fsp3) is 0.0263. The van der Waals surface area contributed by atoms with E-state index in [0.29, 0.717) is 5.89 Å². The lowest BCUT2D eigenvalue weighted by Crippen LogP contribution is -1.93. The van der Waals surface area contributed by atoms with Gasteiger partial charge in [-0.05, 0) is 82.9 Å². The highest BCUT2D eigenvalue weighted by molar-refractivity contribution is 6.21. The molecule has 3 heterocycles. The molecule has 0 unspecified atom stereocenters. The quantitative estimate of drug-likeness (QED) is 0.224.